The minimum atomic E-state index is -3.58. The van der Waals surface area contributed by atoms with E-state index in [0.717, 1.165) is 48.3 Å². The summed E-state index contributed by atoms with van der Waals surface area (Å²) in [5.74, 6) is 1.25. The monoisotopic (exact) mass is 441 g/mol. The van der Waals surface area contributed by atoms with Crippen molar-refractivity contribution < 1.29 is 17.9 Å². The van der Waals surface area contributed by atoms with Crippen LogP contribution in [0.3, 0.4) is 0 Å². The second kappa shape index (κ2) is 7.25. The SMILES string of the molecule is COc1ccc2[nH]c3c(c2c1)C[C@H]1c2cc(OC)c(S(=O)(=O)N(C)C)cc2CCN1C3. The average Bonchev–Trinajstić information content (AvgIpc) is 3.13. The molecule has 1 aromatic heterocycles. The number of sulfonamides is 1. The van der Waals surface area contributed by atoms with Gasteiger partial charge >= 0.3 is 0 Å². The van der Waals surface area contributed by atoms with Crippen molar-refractivity contribution in [3.63, 3.8) is 0 Å². The summed E-state index contributed by atoms with van der Waals surface area (Å²) < 4.78 is 37.9. The molecule has 31 heavy (non-hydrogen) atoms. The lowest BCUT2D eigenvalue weighted by molar-refractivity contribution is 0.159. The van der Waals surface area contributed by atoms with Gasteiger partial charge in [-0.15, -0.1) is 0 Å². The zero-order valence-corrected chi connectivity index (χ0v) is 19.0. The maximum atomic E-state index is 12.8. The number of nitrogens with one attached hydrogen (secondary N) is 1. The summed E-state index contributed by atoms with van der Waals surface area (Å²) in [6.45, 7) is 1.74. The predicted octanol–water partition coefficient (Wildman–Crippen LogP) is 3.09. The first kappa shape index (κ1) is 20.4. The van der Waals surface area contributed by atoms with Gasteiger partial charge in [-0.05, 0) is 59.9 Å². The topological polar surface area (TPSA) is 74.9 Å². The Balaban J connectivity index is 1.61. The second-order valence-electron chi connectivity index (χ2n) is 8.42. The molecule has 1 atom stereocenters. The van der Waals surface area contributed by atoms with Crippen LogP contribution < -0.4 is 9.47 Å². The summed E-state index contributed by atoms with van der Waals surface area (Å²) in [7, 11) is 2.72. The molecule has 0 spiro atoms. The summed E-state index contributed by atoms with van der Waals surface area (Å²) in [6, 6.07) is 10.1. The van der Waals surface area contributed by atoms with E-state index in [-0.39, 0.29) is 10.9 Å². The lowest BCUT2D eigenvalue weighted by Gasteiger charge is -2.41. The van der Waals surface area contributed by atoms with E-state index in [1.54, 1.807) is 21.2 Å². The molecule has 0 unspecified atom stereocenters. The zero-order valence-electron chi connectivity index (χ0n) is 18.2. The number of aromatic amines is 1. The Morgan fingerprint density at radius 3 is 2.65 bits per heavy atom. The van der Waals surface area contributed by atoms with E-state index < -0.39 is 10.0 Å². The minimum absolute atomic E-state index is 0.187. The molecular weight excluding hydrogens is 414 g/mol. The molecule has 3 heterocycles. The third-order valence-electron chi connectivity index (χ3n) is 6.61. The lowest BCUT2D eigenvalue weighted by atomic mass is 9.85. The number of rotatable bonds is 4. The Labute approximate surface area is 182 Å². The highest BCUT2D eigenvalue weighted by Gasteiger charge is 2.36. The van der Waals surface area contributed by atoms with Crippen molar-refractivity contribution in [2.24, 2.45) is 0 Å². The van der Waals surface area contributed by atoms with Gasteiger partial charge < -0.3 is 14.5 Å². The molecule has 0 aliphatic carbocycles. The molecule has 2 aliphatic heterocycles. The number of H-pyrrole nitrogens is 1. The van der Waals surface area contributed by atoms with E-state index in [1.807, 2.05) is 18.2 Å². The van der Waals surface area contributed by atoms with Gasteiger partial charge in [0.15, 0.2) is 0 Å². The van der Waals surface area contributed by atoms with Gasteiger partial charge in [0, 0.05) is 49.8 Å². The molecule has 5 rings (SSSR count). The molecule has 0 fully saturated rings. The molecule has 0 amide bonds. The second-order valence-corrected chi connectivity index (χ2v) is 10.5. The summed E-state index contributed by atoms with van der Waals surface area (Å²) in [5.41, 5.74) is 5.93. The highest BCUT2D eigenvalue weighted by Crippen LogP contribution is 2.43. The molecule has 0 saturated heterocycles. The average molecular weight is 442 g/mol. The van der Waals surface area contributed by atoms with Crippen LogP contribution in [-0.2, 0) is 29.4 Å². The van der Waals surface area contributed by atoms with E-state index >= 15 is 0 Å². The van der Waals surface area contributed by atoms with E-state index in [2.05, 4.69) is 22.0 Å². The van der Waals surface area contributed by atoms with Crippen LogP contribution in [0, 0.1) is 0 Å². The molecule has 2 aliphatic rings. The Bertz CT molecular complexity index is 1280. The van der Waals surface area contributed by atoms with Crippen LogP contribution in [0.2, 0.25) is 0 Å². The Morgan fingerprint density at radius 1 is 1.13 bits per heavy atom. The third kappa shape index (κ3) is 3.12. The van der Waals surface area contributed by atoms with Gasteiger partial charge in [-0.25, -0.2) is 12.7 Å². The fraction of sp³-hybridized carbons (Fsp3) is 0.391. The molecule has 0 radical (unpaired) electrons. The number of ether oxygens (including phenoxy) is 2. The molecule has 0 bridgehead atoms. The quantitative estimate of drug-likeness (QED) is 0.674. The van der Waals surface area contributed by atoms with Gasteiger partial charge in [0.2, 0.25) is 10.0 Å². The standard InChI is InChI=1S/C23H27N3O4S/c1-25(2)31(27,28)23-9-14-7-8-26-13-20-18(11-21(26)16(14)12-22(23)30-4)17-10-15(29-3)5-6-19(17)24-20/h5-6,9-10,12,21,24H,7-8,11,13H2,1-4H3/t21-/m0/s1. The highest BCUT2D eigenvalue weighted by molar-refractivity contribution is 7.89. The van der Waals surface area contributed by atoms with Crippen molar-refractivity contribution in [3.05, 3.63) is 52.7 Å². The molecule has 2 aromatic carbocycles. The van der Waals surface area contributed by atoms with Crippen molar-refractivity contribution in [1.82, 2.24) is 14.2 Å². The first-order valence-corrected chi connectivity index (χ1v) is 11.8. The number of hydrogen-bond donors (Lipinski definition) is 1. The van der Waals surface area contributed by atoms with E-state index in [0.29, 0.717) is 5.75 Å². The Kier molecular flexibility index (Phi) is 4.76. The number of benzene rings is 2. The van der Waals surface area contributed by atoms with Crippen LogP contribution in [0.15, 0.2) is 35.2 Å². The number of fused-ring (bicyclic) bond motifs is 6. The van der Waals surface area contributed by atoms with Gasteiger partial charge in [-0.2, -0.15) is 0 Å². The molecular formula is C23H27N3O4S. The smallest absolute Gasteiger partial charge is 0.246 e. The molecule has 1 N–H and O–H groups in total. The molecule has 0 saturated carbocycles. The normalized spacial score (nSPS) is 18.5. The van der Waals surface area contributed by atoms with Crippen molar-refractivity contribution >= 4 is 20.9 Å². The highest BCUT2D eigenvalue weighted by atomic mass is 32.2. The third-order valence-corrected chi connectivity index (χ3v) is 8.45. The summed E-state index contributed by atoms with van der Waals surface area (Å²) >= 11 is 0. The molecule has 7 nitrogen and oxygen atoms in total. The molecule has 8 heteroatoms. The van der Waals surface area contributed by atoms with E-state index in [1.165, 1.54) is 28.1 Å². The summed E-state index contributed by atoms with van der Waals surface area (Å²) in [6.07, 6.45) is 1.67. The Morgan fingerprint density at radius 2 is 1.94 bits per heavy atom. The van der Waals surface area contributed by atoms with Crippen molar-refractivity contribution in [3.8, 4) is 11.5 Å². The maximum absolute atomic E-state index is 12.8. The summed E-state index contributed by atoms with van der Waals surface area (Å²) in [5, 5.41) is 1.19. The van der Waals surface area contributed by atoms with Crippen LogP contribution in [0.4, 0.5) is 0 Å². The van der Waals surface area contributed by atoms with Crippen LogP contribution in [0.5, 0.6) is 11.5 Å². The van der Waals surface area contributed by atoms with Crippen molar-refractivity contribution in [2.45, 2.75) is 30.3 Å². The fourth-order valence-corrected chi connectivity index (χ4v) is 6.00. The largest absolute Gasteiger partial charge is 0.497 e. The maximum Gasteiger partial charge on any atom is 0.246 e. The van der Waals surface area contributed by atoms with Crippen molar-refractivity contribution in [1.29, 1.82) is 0 Å². The molecule has 164 valence electrons. The first-order chi connectivity index (χ1) is 14.8. The van der Waals surface area contributed by atoms with Crippen LogP contribution in [0.1, 0.15) is 28.4 Å². The first-order valence-electron chi connectivity index (χ1n) is 10.4. The van der Waals surface area contributed by atoms with E-state index in [4.69, 9.17) is 9.47 Å². The van der Waals surface area contributed by atoms with E-state index in [9.17, 15) is 8.42 Å². The van der Waals surface area contributed by atoms with Gasteiger partial charge in [-0.3, -0.25) is 4.90 Å². The predicted molar refractivity (Wildman–Crippen MR) is 119 cm³/mol. The van der Waals surface area contributed by atoms with Gasteiger partial charge in [0.1, 0.15) is 16.4 Å². The number of methoxy groups -OCH3 is 2. The van der Waals surface area contributed by atoms with Crippen LogP contribution >= 0.6 is 0 Å². The number of nitrogens with zero attached hydrogens (tertiary/aromatic N) is 2. The van der Waals surface area contributed by atoms with Gasteiger partial charge in [0.25, 0.3) is 0 Å². The number of hydrogen-bond acceptors (Lipinski definition) is 5. The zero-order chi connectivity index (χ0) is 21.9. The van der Waals surface area contributed by atoms with Gasteiger partial charge in [-0.1, -0.05) is 0 Å². The fourth-order valence-electron chi connectivity index (χ4n) is 4.92. The van der Waals surface area contributed by atoms with Crippen molar-refractivity contribution in [2.75, 3.05) is 34.9 Å². The minimum Gasteiger partial charge on any atom is -0.497 e. The summed E-state index contributed by atoms with van der Waals surface area (Å²) in [4.78, 5) is 6.29. The van der Waals surface area contributed by atoms with Crippen LogP contribution in [-0.4, -0.2) is 57.5 Å². The Hall–Kier alpha value is -2.55. The lowest BCUT2D eigenvalue weighted by Crippen LogP contribution is -2.39. The van der Waals surface area contributed by atoms with Gasteiger partial charge in [0.05, 0.1) is 14.2 Å². The number of aromatic nitrogens is 1. The van der Waals surface area contributed by atoms with Crippen LogP contribution in [0.25, 0.3) is 10.9 Å². The molecule has 3 aromatic rings.